The zero-order valence-corrected chi connectivity index (χ0v) is 19.2. The summed E-state index contributed by atoms with van der Waals surface area (Å²) in [6.45, 7) is 14.2. The summed E-state index contributed by atoms with van der Waals surface area (Å²) in [6, 6.07) is 10.4. The molecule has 4 atom stereocenters. The molecular formula is C25H32O3Si. The fourth-order valence-corrected chi connectivity index (χ4v) is 7.69. The molecule has 2 aliphatic carbocycles. The van der Waals surface area contributed by atoms with E-state index in [1.54, 1.807) is 24.8 Å². The van der Waals surface area contributed by atoms with Gasteiger partial charge in [0.1, 0.15) is 5.75 Å². The number of hydrogen-bond acceptors (Lipinski definition) is 3. The first-order valence-corrected chi connectivity index (χ1v) is 13.9. The van der Waals surface area contributed by atoms with E-state index in [4.69, 9.17) is 9.15 Å². The summed E-state index contributed by atoms with van der Waals surface area (Å²) in [5.74, 6) is 1.20. The molecule has 0 amide bonds. The lowest BCUT2D eigenvalue weighted by Crippen LogP contribution is -2.40. The van der Waals surface area contributed by atoms with Crippen LogP contribution in [0.4, 0.5) is 0 Å². The second kappa shape index (κ2) is 7.03. The number of hydrogen-bond donors (Lipinski definition) is 1. The van der Waals surface area contributed by atoms with E-state index in [1.807, 2.05) is 18.2 Å². The molecule has 0 bridgehead atoms. The van der Waals surface area contributed by atoms with Gasteiger partial charge in [-0.25, -0.2) is 0 Å². The number of ether oxygens (including phenoxy) is 1. The van der Waals surface area contributed by atoms with Crippen molar-refractivity contribution in [3.63, 3.8) is 0 Å². The minimum absolute atomic E-state index is 0.0496. The topological polar surface area (TPSA) is 42.6 Å². The van der Waals surface area contributed by atoms with E-state index in [0.717, 1.165) is 24.2 Å². The maximum atomic E-state index is 11.1. The number of aliphatic hydroxyl groups is 1. The Balaban J connectivity index is 1.86. The molecule has 2 aromatic rings. The van der Waals surface area contributed by atoms with Crippen LogP contribution in [0.1, 0.15) is 36.8 Å². The average Bonchev–Trinajstić information content (AvgIpc) is 3.26. The molecule has 0 radical (unpaired) electrons. The summed E-state index contributed by atoms with van der Waals surface area (Å²) in [5, 5.41) is 12.6. The van der Waals surface area contributed by atoms with Gasteiger partial charge in [-0.2, -0.15) is 0 Å². The van der Waals surface area contributed by atoms with E-state index in [1.165, 1.54) is 16.7 Å². The monoisotopic (exact) mass is 408 g/mol. The number of benzene rings is 1. The SMILES string of the molecule is C=C1C(c2ccc(OC)cc2)=C([Si](C)(C)C)C[C@@]2(C)C1C[C@@H](O)C2c1ccoc1. The highest BCUT2D eigenvalue weighted by Gasteiger charge is 2.56. The van der Waals surface area contributed by atoms with Crippen molar-refractivity contribution in [1.82, 2.24) is 0 Å². The van der Waals surface area contributed by atoms with Crippen molar-refractivity contribution < 1.29 is 14.3 Å². The van der Waals surface area contributed by atoms with Crippen molar-refractivity contribution in [3.05, 3.63) is 71.3 Å². The highest BCUT2D eigenvalue weighted by Crippen LogP contribution is 2.63. The zero-order chi connectivity index (χ0) is 21.0. The molecule has 29 heavy (non-hydrogen) atoms. The molecule has 2 aliphatic rings. The van der Waals surface area contributed by atoms with Crippen LogP contribution in [0.2, 0.25) is 19.6 Å². The Bertz CT molecular complexity index is 933. The lowest BCUT2D eigenvalue weighted by Gasteiger charge is -2.46. The maximum absolute atomic E-state index is 11.1. The lowest BCUT2D eigenvalue weighted by molar-refractivity contribution is 0.130. The van der Waals surface area contributed by atoms with E-state index >= 15 is 0 Å². The van der Waals surface area contributed by atoms with Gasteiger partial charge in [0, 0.05) is 5.92 Å². The van der Waals surface area contributed by atoms with Crippen molar-refractivity contribution >= 4 is 13.6 Å². The fourth-order valence-electron chi connectivity index (χ4n) is 5.73. The van der Waals surface area contributed by atoms with Crippen LogP contribution in [0.5, 0.6) is 5.75 Å². The van der Waals surface area contributed by atoms with Gasteiger partial charge in [0.05, 0.1) is 33.8 Å². The molecule has 1 aromatic heterocycles. The Hall–Kier alpha value is -2.04. The molecule has 4 heteroatoms. The number of methoxy groups -OCH3 is 1. The Morgan fingerprint density at radius 2 is 1.86 bits per heavy atom. The van der Waals surface area contributed by atoms with Gasteiger partial charge in [-0.05, 0) is 64.6 Å². The van der Waals surface area contributed by atoms with Crippen LogP contribution < -0.4 is 4.74 Å². The normalized spacial score (nSPS) is 29.9. The lowest BCUT2D eigenvalue weighted by atomic mass is 9.62. The van der Waals surface area contributed by atoms with Gasteiger partial charge >= 0.3 is 0 Å². The maximum Gasteiger partial charge on any atom is 0.118 e. The minimum Gasteiger partial charge on any atom is -0.497 e. The van der Waals surface area contributed by atoms with Gasteiger partial charge in [0.25, 0.3) is 0 Å². The zero-order valence-electron chi connectivity index (χ0n) is 18.2. The highest BCUT2D eigenvalue weighted by atomic mass is 28.3. The van der Waals surface area contributed by atoms with Gasteiger partial charge in [0.2, 0.25) is 0 Å². The third-order valence-corrected chi connectivity index (χ3v) is 9.39. The van der Waals surface area contributed by atoms with E-state index in [-0.39, 0.29) is 23.4 Å². The third-order valence-electron chi connectivity index (χ3n) is 7.16. The third kappa shape index (κ3) is 3.23. The van der Waals surface area contributed by atoms with E-state index < -0.39 is 8.07 Å². The van der Waals surface area contributed by atoms with E-state index in [0.29, 0.717) is 0 Å². The van der Waals surface area contributed by atoms with Gasteiger partial charge < -0.3 is 14.3 Å². The van der Waals surface area contributed by atoms with Crippen LogP contribution in [0.3, 0.4) is 0 Å². The second-order valence-corrected chi connectivity index (χ2v) is 15.0. The first-order valence-electron chi connectivity index (χ1n) is 10.4. The molecule has 2 unspecified atom stereocenters. The smallest absolute Gasteiger partial charge is 0.118 e. The summed E-state index contributed by atoms with van der Waals surface area (Å²) < 4.78 is 10.7. The van der Waals surface area contributed by atoms with Crippen LogP contribution in [-0.4, -0.2) is 26.4 Å². The molecule has 0 aliphatic heterocycles. The Morgan fingerprint density at radius 1 is 1.17 bits per heavy atom. The molecule has 1 aromatic carbocycles. The molecule has 1 saturated carbocycles. The predicted molar refractivity (Wildman–Crippen MR) is 121 cm³/mol. The van der Waals surface area contributed by atoms with Crippen molar-refractivity contribution in [3.8, 4) is 5.75 Å². The van der Waals surface area contributed by atoms with Crippen LogP contribution in [0.15, 0.2) is 64.6 Å². The molecule has 4 rings (SSSR count). The summed E-state index contributed by atoms with van der Waals surface area (Å²) in [4.78, 5) is 0. The molecule has 0 saturated heterocycles. The fraction of sp³-hybridized carbons (Fsp3) is 0.440. The van der Waals surface area contributed by atoms with Crippen LogP contribution in [-0.2, 0) is 0 Å². The number of allylic oxidation sites excluding steroid dienone is 3. The van der Waals surface area contributed by atoms with Crippen LogP contribution >= 0.6 is 0 Å². The number of rotatable bonds is 4. The van der Waals surface area contributed by atoms with Gasteiger partial charge in [-0.3, -0.25) is 0 Å². The Morgan fingerprint density at radius 3 is 2.41 bits per heavy atom. The molecular weight excluding hydrogens is 376 g/mol. The predicted octanol–water partition coefficient (Wildman–Crippen LogP) is 6.05. The number of furan rings is 1. The molecule has 154 valence electrons. The standard InChI is InChI=1S/C25H32O3Si/c1-16-20-13-21(26)24(18-11-12-28-15-18)25(20,2)14-22(29(4,5)6)23(16)17-7-9-19(27-3)10-8-17/h7-12,15,20-21,24,26H,1,13-14H2,2-6H3/t20?,21-,24?,25+/m1/s1. The van der Waals surface area contributed by atoms with E-state index in [9.17, 15) is 5.11 Å². The molecule has 1 fully saturated rings. The van der Waals surface area contributed by atoms with E-state index in [2.05, 4.69) is 45.3 Å². The van der Waals surface area contributed by atoms with Crippen molar-refractivity contribution in [2.24, 2.45) is 11.3 Å². The van der Waals surface area contributed by atoms with Crippen LogP contribution in [0.25, 0.3) is 5.57 Å². The molecule has 1 N–H and O–H groups in total. The van der Waals surface area contributed by atoms with Crippen LogP contribution in [0, 0.1) is 11.3 Å². The highest BCUT2D eigenvalue weighted by molar-refractivity contribution is 6.84. The average molecular weight is 409 g/mol. The van der Waals surface area contributed by atoms with Gasteiger partial charge in [-0.1, -0.05) is 50.5 Å². The largest absolute Gasteiger partial charge is 0.497 e. The summed E-state index contributed by atoms with van der Waals surface area (Å²) in [6.07, 6.45) is 4.90. The first-order chi connectivity index (χ1) is 13.7. The summed E-state index contributed by atoms with van der Waals surface area (Å²) in [5.41, 5.74) is 4.79. The van der Waals surface area contributed by atoms with Gasteiger partial charge in [-0.15, -0.1) is 0 Å². The minimum atomic E-state index is -1.63. The Kier molecular flexibility index (Phi) is 4.91. The van der Waals surface area contributed by atoms with Crippen molar-refractivity contribution in [1.29, 1.82) is 0 Å². The summed E-state index contributed by atoms with van der Waals surface area (Å²) in [7, 11) is 0.0703. The van der Waals surface area contributed by atoms with Crippen molar-refractivity contribution in [2.45, 2.75) is 51.4 Å². The first kappa shape index (κ1) is 20.2. The van der Waals surface area contributed by atoms with Crippen molar-refractivity contribution in [2.75, 3.05) is 7.11 Å². The number of fused-ring (bicyclic) bond motifs is 1. The number of aliphatic hydroxyl groups excluding tert-OH is 1. The molecule has 1 heterocycles. The quantitative estimate of drug-likeness (QED) is 0.626. The molecule has 3 nitrogen and oxygen atoms in total. The summed E-state index contributed by atoms with van der Waals surface area (Å²) >= 11 is 0. The Labute approximate surface area is 175 Å². The molecule has 0 spiro atoms. The van der Waals surface area contributed by atoms with Gasteiger partial charge in [0.15, 0.2) is 0 Å². The second-order valence-electron chi connectivity index (χ2n) is 9.93.